The van der Waals surface area contributed by atoms with E-state index in [0.29, 0.717) is 17.1 Å². The molecule has 0 spiro atoms. The van der Waals surface area contributed by atoms with Gasteiger partial charge in [0, 0.05) is 11.6 Å². The van der Waals surface area contributed by atoms with Crippen LogP contribution in [-0.4, -0.2) is 33.5 Å². The molecule has 0 fully saturated rings. The highest BCUT2D eigenvalue weighted by Gasteiger charge is 2.08. The Bertz CT molecular complexity index is 674. The molecule has 0 aromatic heterocycles. The summed E-state index contributed by atoms with van der Waals surface area (Å²) >= 11 is 0. The number of hydrogen-bond acceptors (Lipinski definition) is 5. The lowest BCUT2D eigenvalue weighted by Crippen LogP contribution is -2.17. The van der Waals surface area contributed by atoms with Crippen molar-refractivity contribution in [1.29, 1.82) is 0 Å². The summed E-state index contributed by atoms with van der Waals surface area (Å²) in [4.78, 5) is 12.1. The number of amides is 1. The van der Waals surface area contributed by atoms with Crippen molar-refractivity contribution in [2.75, 3.05) is 21.3 Å². The standard InChI is InChI=1S/C17H18N2O4/c1-21-14-6-4-12(5-7-14)11-18-19-17(20)13-8-15(22-2)10-16(9-13)23-3/h4-11H,1-3H3,(H,19,20)/b18-11-. The number of hydrogen-bond donors (Lipinski definition) is 1. The van der Waals surface area contributed by atoms with Crippen molar-refractivity contribution in [2.45, 2.75) is 0 Å². The van der Waals surface area contributed by atoms with Crippen LogP contribution in [0.25, 0.3) is 0 Å². The van der Waals surface area contributed by atoms with E-state index in [1.54, 1.807) is 31.5 Å². The number of carbonyl (C=O) groups excluding carboxylic acids is 1. The lowest BCUT2D eigenvalue weighted by atomic mass is 10.2. The number of benzene rings is 2. The molecule has 120 valence electrons. The van der Waals surface area contributed by atoms with Crippen molar-refractivity contribution < 1.29 is 19.0 Å². The molecule has 0 saturated heterocycles. The summed E-state index contributed by atoms with van der Waals surface area (Å²) in [7, 11) is 4.66. The van der Waals surface area contributed by atoms with E-state index in [4.69, 9.17) is 14.2 Å². The van der Waals surface area contributed by atoms with Gasteiger partial charge in [-0.2, -0.15) is 5.10 Å². The molecular weight excluding hydrogens is 296 g/mol. The van der Waals surface area contributed by atoms with Gasteiger partial charge in [0.1, 0.15) is 17.2 Å². The van der Waals surface area contributed by atoms with Crippen LogP contribution in [0.5, 0.6) is 17.2 Å². The van der Waals surface area contributed by atoms with Crippen LogP contribution in [0.15, 0.2) is 47.6 Å². The first-order valence-corrected chi connectivity index (χ1v) is 6.87. The summed E-state index contributed by atoms with van der Waals surface area (Å²) < 4.78 is 15.3. The minimum atomic E-state index is -0.355. The van der Waals surface area contributed by atoms with Gasteiger partial charge in [0.2, 0.25) is 0 Å². The van der Waals surface area contributed by atoms with Crippen LogP contribution < -0.4 is 19.6 Å². The molecule has 0 unspecified atom stereocenters. The fraction of sp³-hybridized carbons (Fsp3) is 0.176. The maximum absolute atomic E-state index is 12.1. The molecule has 0 aliphatic carbocycles. The van der Waals surface area contributed by atoms with Crippen LogP contribution in [0, 0.1) is 0 Å². The molecule has 0 atom stereocenters. The second kappa shape index (κ2) is 7.84. The third kappa shape index (κ3) is 4.47. The Morgan fingerprint density at radius 3 is 2.00 bits per heavy atom. The summed E-state index contributed by atoms with van der Waals surface area (Å²) in [5.41, 5.74) is 3.71. The number of hydrazone groups is 1. The average Bonchev–Trinajstić information content (AvgIpc) is 2.61. The van der Waals surface area contributed by atoms with Gasteiger partial charge in [-0.3, -0.25) is 4.79 Å². The van der Waals surface area contributed by atoms with Crippen molar-refractivity contribution in [2.24, 2.45) is 5.10 Å². The molecule has 0 radical (unpaired) electrons. The Morgan fingerprint density at radius 2 is 1.48 bits per heavy atom. The fourth-order valence-electron chi connectivity index (χ4n) is 1.86. The summed E-state index contributed by atoms with van der Waals surface area (Å²) in [5.74, 6) is 1.48. The van der Waals surface area contributed by atoms with Crippen molar-refractivity contribution in [1.82, 2.24) is 5.43 Å². The highest BCUT2D eigenvalue weighted by atomic mass is 16.5. The molecule has 0 aliphatic rings. The first-order chi connectivity index (χ1) is 11.2. The van der Waals surface area contributed by atoms with Gasteiger partial charge in [-0.05, 0) is 42.0 Å². The molecule has 23 heavy (non-hydrogen) atoms. The zero-order valence-electron chi connectivity index (χ0n) is 13.2. The van der Waals surface area contributed by atoms with Crippen LogP contribution in [0.2, 0.25) is 0 Å². The van der Waals surface area contributed by atoms with Crippen molar-refractivity contribution in [3.05, 3.63) is 53.6 Å². The quantitative estimate of drug-likeness (QED) is 0.657. The highest BCUT2D eigenvalue weighted by Crippen LogP contribution is 2.22. The largest absolute Gasteiger partial charge is 0.497 e. The molecule has 0 bridgehead atoms. The number of methoxy groups -OCH3 is 3. The van der Waals surface area contributed by atoms with Gasteiger partial charge in [-0.25, -0.2) is 5.43 Å². The average molecular weight is 314 g/mol. The molecule has 2 rings (SSSR count). The summed E-state index contributed by atoms with van der Waals surface area (Å²) in [6.45, 7) is 0. The Morgan fingerprint density at radius 1 is 0.913 bits per heavy atom. The molecule has 6 nitrogen and oxygen atoms in total. The van der Waals surface area contributed by atoms with Crippen LogP contribution in [0.4, 0.5) is 0 Å². The van der Waals surface area contributed by atoms with Gasteiger partial charge in [-0.1, -0.05) is 0 Å². The Kier molecular flexibility index (Phi) is 5.57. The normalized spacial score (nSPS) is 10.4. The van der Waals surface area contributed by atoms with E-state index in [2.05, 4.69) is 10.5 Å². The molecule has 1 N–H and O–H groups in total. The minimum Gasteiger partial charge on any atom is -0.497 e. The lowest BCUT2D eigenvalue weighted by molar-refractivity contribution is 0.0954. The van der Waals surface area contributed by atoms with E-state index in [9.17, 15) is 4.79 Å². The maximum Gasteiger partial charge on any atom is 0.271 e. The van der Waals surface area contributed by atoms with E-state index < -0.39 is 0 Å². The van der Waals surface area contributed by atoms with Crippen molar-refractivity contribution >= 4 is 12.1 Å². The minimum absolute atomic E-state index is 0.355. The summed E-state index contributed by atoms with van der Waals surface area (Å²) in [6, 6.07) is 12.2. The monoisotopic (exact) mass is 314 g/mol. The summed E-state index contributed by atoms with van der Waals surface area (Å²) in [6.07, 6.45) is 1.55. The van der Waals surface area contributed by atoms with Gasteiger partial charge < -0.3 is 14.2 Å². The molecule has 6 heteroatoms. The second-order valence-electron chi connectivity index (χ2n) is 4.57. The van der Waals surface area contributed by atoms with E-state index in [1.807, 2.05) is 24.3 Å². The number of carbonyl (C=O) groups is 1. The molecule has 0 heterocycles. The predicted octanol–water partition coefficient (Wildman–Crippen LogP) is 2.48. The third-order valence-electron chi connectivity index (χ3n) is 3.11. The third-order valence-corrected chi connectivity index (χ3v) is 3.11. The number of ether oxygens (including phenoxy) is 3. The molecule has 1 amide bonds. The summed E-state index contributed by atoms with van der Waals surface area (Å²) in [5, 5.41) is 3.94. The van der Waals surface area contributed by atoms with Gasteiger partial charge >= 0.3 is 0 Å². The van der Waals surface area contributed by atoms with E-state index in [-0.39, 0.29) is 5.91 Å². The zero-order valence-corrected chi connectivity index (χ0v) is 13.2. The lowest BCUT2D eigenvalue weighted by Gasteiger charge is -2.07. The Balaban J connectivity index is 2.05. The Labute approximate surface area is 134 Å². The van der Waals surface area contributed by atoms with Crippen molar-refractivity contribution in [3.8, 4) is 17.2 Å². The van der Waals surface area contributed by atoms with Crippen LogP contribution in [0.1, 0.15) is 15.9 Å². The fourth-order valence-corrected chi connectivity index (χ4v) is 1.86. The first-order valence-electron chi connectivity index (χ1n) is 6.87. The molecule has 2 aromatic rings. The van der Waals surface area contributed by atoms with Crippen LogP contribution in [0.3, 0.4) is 0 Å². The van der Waals surface area contributed by atoms with Gasteiger partial charge in [0.05, 0.1) is 27.5 Å². The molecule has 0 saturated carbocycles. The van der Waals surface area contributed by atoms with Gasteiger partial charge in [-0.15, -0.1) is 0 Å². The van der Waals surface area contributed by atoms with Gasteiger partial charge in [0.15, 0.2) is 0 Å². The molecule has 2 aromatic carbocycles. The highest BCUT2D eigenvalue weighted by molar-refractivity contribution is 5.95. The number of rotatable bonds is 6. The van der Waals surface area contributed by atoms with Crippen molar-refractivity contribution in [3.63, 3.8) is 0 Å². The maximum atomic E-state index is 12.1. The molecular formula is C17H18N2O4. The number of nitrogens with one attached hydrogen (secondary N) is 1. The number of nitrogens with zero attached hydrogens (tertiary/aromatic N) is 1. The SMILES string of the molecule is COc1ccc(/C=N\NC(=O)c2cc(OC)cc(OC)c2)cc1. The first kappa shape index (κ1) is 16.4. The second-order valence-corrected chi connectivity index (χ2v) is 4.57. The topological polar surface area (TPSA) is 69.2 Å². The van der Waals surface area contributed by atoms with E-state index in [1.165, 1.54) is 14.2 Å². The van der Waals surface area contributed by atoms with Crippen LogP contribution in [-0.2, 0) is 0 Å². The molecule has 0 aliphatic heterocycles. The van der Waals surface area contributed by atoms with Crippen LogP contribution >= 0.6 is 0 Å². The zero-order chi connectivity index (χ0) is 16.7. The van der Waals surface area contributed by atoms with E-state index >= 15 is 0 Å². The predicted molar refractivity (Wildman–Crippen MR) is 87.6 cm³/mol. The van der Waals surface area contributed by atoms with E-state index in [0.717, 1.165) is 11.3 Å². The van der Waals surface area contributed by atoms with Gasteiger partial charge in [0.25, 0.3) is 5.91 Å². The smallest absolute Gasteiger partial charge is 0.271 e. The Hall–Kier alpha value is -3.02.